The largest absolute Gasteiger partial charge is 0.434 e. The van der Waals surface area contributed by atoms with Gasteiger partial charge in [-0.3, -0.25) is 10.1 Å². The molecule has 104 valence electrons. The van der Waals surface area contributed by atoms with Gasteiger partial charge in [-0.1, -0.05) is 0 Å². The van der Waals surface area contributed by atoms with Crippen LogP contribution in [0.1, 0.15) is 0 Å². The summed E-state index contributed by atoms with van der Waals surface area (Å²) in [5.41, 5.74) is -0.375. The highest BCUT2D eigenvalue weighted by atomic mass is 32.2. The van der Waals surface area contributed by atoms with E-state index in [-0.39, 0.29) is 22.2 Å². The van der Waals surface area contributed by atoms with E-state index in [2.05, 4.69) is 9.97 Å². The summed E-state index contributed by atoms with van der Waals surface area (Å²) in [4.78, 5) is 17.4. The standard InChI is InChI=1S/C11H9N3O5S/c1-20(17,18)9-4-2-8(3-5-9)19-11-10(14(15)16)6-12-7-13-11/h2-7H,1H3. The second-order valence-electron chi connectivity index (χ2n) is 3.82. The Balaban J connectivity index is 2.30. The monoisotopic (exact) mass is 295 g/mol. The van der Waals surface area contributed by atoms with Gasteiger partial charge in [0.05, 0.1) is 9.82 Å². The second kappa shape index (κ2) is 5.21. The van der Waals surface area contributed by atoms with Gasteiger partial charge < -0.3 is 4.74 Å². The maximum atomic E-state index is 11.3. The van der Waals surface area contributed by atoms with Crippen molar-refractivity contribution in [2.75, 3.05) is 6.26 Å². The molecule has 1 aromatic heterocycles. The first kappa shape index (κ1) is 13.9. The molecule has 8 nitrogen and oxygen atoms in total. The highest BCUT2D eigenvalue weighted by molar-refractivity contribution is 7.90. The maximum Gasteiger partial charge on any atom is 0.349 e. The fourth-order valence-electron chi connectivity index (χ4n) is 1.38. The van der Waals surface area contributed by atoms with Crippen LogP contribution in [0.3, 0.4) is 0 Å². The lowest BCUT2D eigenvalue weighted by Crippen LogP contribution is -1.98. The van der Waals surface area contributed by atoms with Crippen molar-refractivity contribution >= 4 is 15.5 Å². The third kappa shape index (κ3) is 3.06. The van der Waals surface area contributed by atoms with Gasteiger partial charge in [-0.25, -0.2) is 13.4 Å². The fourth-order valence-corrected chi connectivity index (χ4v) is 2.01. The minimum Gasteiger partial charge on any atom is -0.434 e. The number of hydrogen-bond donors (Lipinski definition) is 0. The van der Waals surface area contributed by atoms with E-state index in [1.807, 2.05) is 0 Å². The van der Waals surface area contributed by atoms with Crippen LogP contribution in [0.5, 0.6) is 11.6 Å². The zero-order chi connectivity index (χ0) is 14.8. The van der Waals surface area contributed by atoms with E-state index < -0.39 is 14.8 Å². The van der Waals surface area contributed by atoms with Crippen molar-refractivity contribution in [2.24, 2.45) is 0 Å². The average Bonchev–Trinajstić information content (AvgIpc) is 2.38. The SMILES string of the molecule is CS(=O)(=O)c1ccc(Oc2ncncc2[N+](=O)[O-])cc1. The molecule has 2 aromatic rings. The van der Waals surface area contributed by atoms with Gasteiger partial charge in [-0.2, -0.15) is 4.98 Å². The van der Waals surface area contributed by atoms with Crippen LogP contribution in [0.15, 0.2) is 41.7 Å². The Bertz CT molecular complexity index is 743. The summed E-state index contributed by atoms with van der Waals surface area (Å²) < 4.78 is 27.8. The molecule has 0 fully saturated rings. The van der Waals surface area contributed by atoms with Gasteiger partial charge in [0.1, 0.15) is 18.3 Å². The molecule has 0 N–H and O–H groups in total. The molecule has 20 heavy (non-hydrogen) atoms. The lowest BCUT2D eigenvalue weighted by atomic mass is 10.3. The van der Waals surface area contributed by atoms with E-state index in [1.54, 1.807) is 0 Å². The highest BCUT2D eigenvalue weighted by Crippen LogP contribution is 2.28. The van der Waals surface area contributed by atoms with Gasteiger partial charge in [0.2, 0.25) is 0 Å². The smallest absolute Gasteiger partial charge is 0.349 e. The normalized spacial score (nSPS) is 11.1. The van der Waals surface area contributed by atoms with Crippen molar-refractivity contribution in [1.82, 2.24) is 9.97 Å². The molecule has 0 aliphatic heterocycles. The van der Waals surface area contributed by atoms with Gasteiger partial charge in [0.15, 0.2) is 9.84 Å². The van der Waals surface area contributed by atoms with Gasteiger partial charge >= 0.3 is 11.6 Å². The number of sulfone groups is 1. The zero-order valence-corrected chi connectivity index (χ0v) is 11.1. The van der Waals surface area contributed by atoms with Crippen molar-refractivity contribution in [1.29, 1.82) is 0 Å². The Labute approximate surface area is 114 Å². The number of nitro groups is 1. The first-order chi connectivity index (χ1) is 9.38. The van der Waals surface area contributed by atoms with Crippen molar-refractivity contribution in [3.05, 3.63) is 46.9 Å². The van der Waals surface area contributed by atoms with E-state index in [1.165, 1.54) is 24.3 Å². The lowest BCUT2D eigenvalue weighted by molar-refractivity contribution is -0.386. The van der Waals surface area contributed by atoms with Gasteiger partial charge in [0, 0.05) is 6.26 Å². The number of hydrogen-bond acceptors (Lipinski definition) is 7. The van der Waals surface area contributed by atoms with Crippen molar-refractivity contribution in [2.45, 2.75) is 4.90 Å². The molecule has 9 heteroatoms. The predicted octanol–water partition coefficient (Wildman–Crippen LogP) is 1.58. The second-order valence-corrected chi connectivity index (χ2v) is 5.83. The zero-order valence-electron chi connectivity index (χ0n) is 10.3. The number of ether oxygens (including phenoxy) is 1. The fraction of sp³-hybridized carbons (Fsp3) is 0.0909. The molecule has 1 aromatic carbocycles. The molecule has 0 amide bonds. The molecule has 0 aliphatic rings. The summed E-state index contributed by atoms with van der Waals surface area (Å²) in [5, 5.41) is 10.8. The van der Waals surface area contributed by atoms with Crippen LogP contribution < -0.4 is 4.74 Å². The summed E-state index contributed by atoms with van der Waals surface area (Å²) in [6.07, 6.45) is 3.22. The lowest BCUT2D eigenvalue weighted by Gasteiger charge is -2.05. The van der Waals surface area contributed by atoms with E-state index in [4.69, 9.17) is 4.74 Å². The topological polar surface area (TPSA) is 112 Å². The minimum absolute atomic E-state index is 0.127. The third-order valence-corrected chi connectivity index (χ3v) is 3.45. The number of rotatable bonds is 4. The Hall–Kier alpha value is -2.55. The number of nitrogens with zero attached hydrogens (tertiary/aromatic N) is 3. The Morgan fingerprint density at radius 1 is 1.25 bits per heavy atom. The van der Waals surface area contributed by atoms with Gasteiger partial charge in [-0.15, -0.1) is 0 Å². The number of benzene rings is 1. The summed E-state index contributed by atoms with van der Waals surface area (Å²) in [7, 11) is -3.30. The van der Waals surface area contributed by atoms with Crippen molar-refractivity contribution < 1.29 is 18.1 Å². The minimum atomic E-state index is -3.30. The van der Waals surface area contributed by atoms with E-state index >= 15 is 0 Å². The first-order valence-corrected chi connectivity index (χ1v) is 7.19. The molecule has 0 saturated carbocycles. The molecule has 2 rings (SSSR count). The van der Waals surface area contributed by atoms with Gasteiger partial charge in [-0.05, 0) is 24.3 Å². The molecule has 1 heterocycles. The van der Waals surface area contributed by atoms with Crippen molar-refractivity contribution in [3.8, 4) is 11.6 Å². The van der Waals surface area contributed by atoms with Crippen LogP contribution in [0.2, 0.25) is 0 Å². The summed E-state index contributed by atoms with van der Waals surface area (Å²) in [5.74, 6) is 0.0244. The van der Waals surface area contributed by atoms with E-state index in [9.17, 15) is 18.5 Å². The van der Waals surface area contributed by atoms with Crippen LogP contribution in [0.25, 0.3) is 0 Å². The van der Waals surface area contributed by atoms with Crippen LogP contribution in [0, 0.1) is 10.1 Å². The van der Waals surface area contributed by atoms with E-state index in [0.717, 1.165) is 18.8 Å². The Morgan fingerprint density at radius 2 is 1.90 bits per heavy atom. The van der Waals surface area contributed by atoms with Crippen molar-refractivity contribution in [3.63, 3.8) is 0 Å². The quantitative estimate of drug-likeness (QED) is 0.621. The molecule has 0 saturated heterocycles. The predicted molar refractivity (Wildman–Crippen MR) is 68.3 cm³/mol. The molecule has 0 spiro atoms. The summed E-state index contributed by atoms with van der Waals surface area (Å²) in [6, 6.07) is 5.47. The average molecular weight is 295 g/mol. The molecule has 0 aliphatic carbocycles. The molecule has 0 unspecified atom stereocenters. The molecule has 0 atom stereocenters. The first-order valence-electron chi connectivity index (χ1n) is 5.30. The molecule has 0 radical (unpaired) electrons. The highest BCUT2D eigenvalue weighted by Gasteiger charge is 2.17. The third-order valence-electron chi connectivity index (χ3n) is 2.32. The maximum absolute atomic E-state index is 11.3. The van der Waals surface area contributed by atoms with Crippen LogP contribution in [-0.2, 0) is 9.84 Å². The summed E-state index contributed by atoms with van der Waals surface area (Å²) in [6.45, 7) is 0. The molecular weight excluding hydrogens is 286 g/mol. The summed E-state index contributed by atoms with van der Waals surface area (Å²) >= 11 is 0. The molecular formula is C11H9N3O5S. The Kier molecular flexibility index (Phi) is 3.61. The van der Waals surface area contributed by atoms with Gasteiger partial charge in [0.25, 0.3) is 0 Å². The van der Waals surface area contributed by atoms with Crippen LogP contribution in [-0.4, -0.2) is 29.6 Å². The van der Waals surface area contributed by atoms with E-state index in [0.29, 0.717) is 0 Å². The van der Waals surface area contributed by atoms with Crippen LogP contribution in [0.4, 0.5) is 5.69 Å². The molecule has 0 bridgehead atoms. The van der Waals surface area contributed by atoms with Crippen LogP contribution >= 0.6 is 0 Å². The number of aromatic nitrogens is 2. The Morgan fingerprint density at radius 3 is 2.45 bits per heavy atom.